The Hall–Kier alpha value is -2.91. The van der Waals surface area contributed by atoms with Crippen LogP contribution in [0, 0.1) is 6.92 Å². The van der Waals surface area contributed by atoms with E-state index in [1.54, 1.807) is 24.3 Å². The van der Waals surface area contributed by atoms with Crippen molar-refractivity contribution < 1.29 is 13.2 Å². The Kier molecular flexibility index (Phi) is 6.27. The highest BCUT2D eigenvalue weighted by molar-refractivity contribution is 7.89. The topological polar surface area (TPSA) is 98.1 Å². The maximum absolute atomic E-state index is 12.5. The molecule has 0 saturated carbocycles. The Balaban J connectivity index is 1.56. The van der Waals surface area contributed by atoms with Gasteiger partial charge in [-0.15, -0.1) is 0 Å². The zero-order valence-corrected chi connectivity index (χ0v) is 16.6. The summed E-state index contributed by atoms with van der Waals surface area (Å²) in [5.74, 6) is 2.04. The zero-order chi connectivity index (χ0) is 20.0. The third kappa shape index (κ3) is 4.87. The standard InChI is InChI=1S/C19H23N5O3S/c1-3-27-17-7-6-16(12-15(17)2)28(25,26)23-9-8-20-18-13-19(22-14-21-18)24-10-4-5-11-24/h4-7,10-14,23H,3,8-9H2,1-2H3,(H,20,21,22). The van der Waals surface area contributed by atoms with Crippen molar-refractivity contribution in [1.29, 1.82) is 0 Å². The molecule has 2 N–H and O–H groups in total. The van der Waals surface area contributed by atoms with Crippen LogP contribution in [0.5, 0.6) is 5.75 Å². The minimum Gasteiger partial charge on any atom is -0.494 e. The van der Waals surface area contributed by atoms with E-state index >= 15 is 0 Å². The predicted molar refractivity (Wildman–Crippen MR) is 107 cm³/mol. The van der Waals surface area contributed by atoms with Gasteiger partial charge in [0.15, 0.2) is 0 Å². The van der Waals surface area contributed by atoms with Gasteiger partial charge in [0.05, 0.1) is 11.5 Å². The summed E-state index contributed by atoms with van der Waals surface area (Å²) in [7, 11) is -3.59. The highest BCUT2D eigenvalue weighted by Crippen LogP contribution is 2.21. The molecule has 2 aromatic heterocycles. The molecule has 28 heavy (non-hydrogen) atoms. The van der Waals surface area contributed by atoms with Gasteiger partial charge in [-0.1, -0.05) is 0 Å². The van der Waals surface area contributed by atoms with Crippen LogP contribution < -0.4 is 14.8 Å². The van der Waals surface area contributed by atoms with Gasteiger partial charge in [0.1, 0.15) is 23.7 Å². The van der Waals surface area contributed by atoms with Crippen LogP contribution in [0.2, 0.25) is 0 Å². The molecular formula is C19H23N5O3S. The van der Waals surface area contributed by atoms with Crippen molar-refractivity contribution in [3.8, 4) is 11.6 Å². The van der Waals surface area contributed by atoms with Crippen LogP contribution >= 0.6 is 0 Å². The molecule has 0 saturated heterocycles. The van der Waals surface area contributed by atoms with Crippen LogP contribution in [-0.2, 0) is 10.0 Å². The Bertz CT molecular complexity index is 1020. The van der Waals surface area contributed by atoms with Crippen molar-refractivity contribution in [2.24, 2.45) is 0 Å². The third-order valence-electron chi connectivity index (χ3n) is 4.00. The maximum atomic E-state index is 12.5. The highest BCUT2D eigenvalue weighted by Gasteiger charge is 2.15. The van der Waals surface area contributed by atoms with Crippen LogP contribution in [0.4, 0.5) is 5.82 Å². The molecule has 1 aromatic carbocycles. The fourth-order valence-corrected chi connectivity index (χ4v) is 3.75. The first-order chi connectivity index (χ1) is 13.5. The van der Waals surface area contributed by atoms with Gasteiger partial charge >= 0.3 is 0 Å². The van der Waals surface area contributed by atoms with Crippen molar-refractivity contribution in [2.75, 3.05) is 25.0 Å². The number of nitrogens with zero attached hydrogens (tertiary/aromatic N) is 3. The quantitative estimate of drug-likeness (QED) is 0.534. The first-order valence-electron chi connectivity index (χ1n) is 8.92. The summed E-state index contributed by atoms with van der Waals surface area (Å²) in [6.45, 7) is 4.85. The zero-order valence-electron chi connectivity index (χ0n) is 15.8. The van der Waals surface area contributed by atoms with E-state index in [-0.39, 0.29) is 11.4 Å². The monoisotopic (exact) mass is 401 g/mol. The summed E-state index contributed by atoms with van der Waals surface area (Å²) < 4.78 is 34.8. The number of hydrogen-bond donors (Lipinski definition) is 2. The fourth-order valence-electron chi connectivity index (χ4n) is 2.64. The summed E-state index contributed by atoms with van der Waals surface area (Å²) in [6, 6.07) is 10.4. The molecule has 0 bridgehead atoms. The molecule has 0 amide bonds. The lowest BCUT2D eigenvalue weighted by Gasteiger charge is -2.11. The minimum absolute atomic E-state index is 0.213. The van der Waals surface area contributed by atoms with E-state index in [1.165, 1.54) is 6.33 Å². The van der Waals surface area contributed by atoms with Crippen molar-refractivity contribution in [3.63, 3.8) is 0 Å². The van der Waals surface area contributed by atoms with Crippen molar-refractivity contribution in [2.45, 2.75) is 18.7 Å². The number of rotatable bonds is 9. The van der Waals surface area contributed by atoms with E-state index in [0.29, 0.717) is 24.7 Å². The van der Waals surface area contributed by atoms with Gasteiger partial charge < -0.3 is 14.6 Å². The van der Waals surface area contributed by atoms with E-state index in [4.69, 9.17) is 4.74 Å². The van der Waals surface area contributed by atoms with E-state index in [9.17, 15) is 8.42 Å². The van der Waals surface area contributed by atoms with Gasteiger partial charge in [-0.3, -0.25) is 0 Å². The molecule has 0 aliphatic rings. The molecule has 0 unspecified atom stereocenters. The van der Waals surface area contributed by atoms with Crippen molar-refractivity contribution >= 4 is 15.8 Å². The summed E-state index contributed by atoms with van der Waals surface area (Å²) in [5.41, 5.74) is 0.779. The highest BCUT2D eigenvalue weighted by atomic mass is 32.2. The summed E-state index contributed by atoms with van der Waals surface area (Å²) in [6.07, 6.45) is 5.24. The lowest BCUT2D eigenvalue weighted by molar-refractivity contribution is 0.337. The number of nitrogens with one attached hydrogen (secondary N) is 2. The van der Waals surface area contributed by atoms with E-state index in [2.05, 4.69) is 20.0 Å². The van der Waals surface area contributed by atoms with Crippen LogP contribution in [-0.4, -0.2) is 42.6 Å². The van der Waals surface area contributed by atoms with Gasteiger partial charge in [-0.2, -0.15) is 0 Å². The van der Waals surface area contributed by atoms with E-state index in [1.807, 2.05) is 42.9 Å². The Morgan fingerprint density at radius 3 is 2.61 bits per heavy atom. The number of hydrogen-bond acceptors (Lipinski definition) is 6. The first-order valence-corrected chi connectivity index (χ1v) is 10.4. The minimum atomic E-state index is -3.59. The first kappa shape index (κ1) is 19.8. The lowest BCUT2D eigenvalue weighted by Crippen LogP contribution is -2.29. The van der Waals surface area contributed by atoms with Crippen LogP contribution in [0.25, 0.3) is 5.82 Å². The number of anilines is 1. The Labute approximate surface area is 164 Å². The van der Waals surface area contributed by atoms with Gasteiger partial charge in [0.2, 0.25) is 10.0 Å². The second-order valence-electron chi connectivity index (χ2n) is 6.04. The molecule has 0 spiro atoms. The molecule has 0 aliphatic heterocycles. The normalized spacial score (nSPS) is 11.4. The van der Waals surface area contributed by atoms with Crippen LogP contribution in [0.1, 0.15) is 12.5 Å². The molecule has 0 atom stereocenters. The van der Waals surface area contributed by atoms with E-state index < -0.39 is 10.0 Å². The summed E-state index contributed by atoms with van der Waals surface area (Å²) in [5, 5.41) is 3.10. The third-order valence-corrected chi connectivity index (χ3v) is 5.46. The molecule has 3 rings (SSSR count). The van der Waals surface area contributed by atoms with Crippen molar-refractivity contribution in [3.05, 3.63) is 60.7 Å². The molecule has 3 aromatic rings. The van der Waals surface area contributed by atoms with Gasteiger partial charge in [-0.25, -0.2) is 23.1 Å². The average Bonchev–Trinajstić information content (AvgIpc) is 3.22. The fraction of sp³-hybridized carbons (Fsp3) is 0.263. The molecule has 148 valence electrons. The predicted octanol–water partition coefficient (Wildman–Crippen LogP) is 2.36. The Morgan fingerprint density at radius 2 is 1.89 bits per heavy atom. The number of sulfonamides is 1. The van der Waals surface area contributed by atoms with Gasteiger partial charge in [-0.05, 0) is 49.7 Å². The van der Waals surface area contributed by atoms with Crippen molar-refractivity contribution in [1.82, 2.24) is 19.3 Å². The second-order valence-corrected chi connectivity index (χ2v) is 7.80. The molecular weight excluding hydrogens is 378 g/mol. The SMILES string of the molecule is CCOc1ccc(S(=O)(=O)NCCNc2cc(-n3cccc3)ncn2)cc1C. The number of ether oxygens (including phenoxy) is 1. The number of aromatic nitrogens is 3. The Morgan fingerprint density at radius 1 is 1.11 bits per heavy atom. The summed E-state index contributed by atoms with van der Waals surface area (Å²) in [4.78, 5) is 8.57. The van der Waals surface area contributed by atoms with Crippen LogP contribution in [0.15, 0.2) is 60.0 Å². The molecule has 0 radical (unpaired) electrons. The number of benzene rings is 1. The molecule has 8 nitrogen and oxygen atoms in total. The largest absolute Gasteiger partial charge is 0.494 e. The van der Waals surface area contributed by atoms with Gasteiger partial charge in [0, 0.05) is 31.5 Å². The smallest absolute Gasteiger partial charge is 0.240 e. The molecule has 0 aliphatic carbocycles. The van der Waals surface area contributed by atoms with E-state index in [0.717, 1.165) is 11.4 Å². The second kappa shape index (κ2) is 8.85. The summed E-state index contributed by atoms with van der Waals surface area (Å²) >= 11 is 0. The maximum Gasteiger partial charge on any atom is 0.240 e. The van der Waals surface area contributed by atoms with Crippen LogP contribution in [0.3, 0.4) is 0 Å². The number of aryl methyl sites for hydroxylation is 1. The molecule has 2 heterocycles. The molecule has 0 fully saturated rings. The average molecular weight is 401 g/mol. The molecule has 9 heteroatoms. The lowest BCUT2D eigenvalue weighted by atomic mass is 10.2. The van der Waals surface area contributed by atoms with Gasteiger partial charge in [0.25, 0.3) is 0 Å².